The number of pyridine rings is 1. The van der Waals surface area contributed by atoms with E-state index in [1.165, 1.54) is 11.3 Å². The Hall–Kier alpha value is -4.05. The first-order chi connectivity index (χ1) is 16.3. The smallest absolute Gasteiger partial charge is 0.256 e. The Balaban J connectivity index is 1.69. The van der Waals surface area contributed by atoms with Gasteiger partial charge >= 0.3 is 0 Å². The molecule has 4 rings (SSSR count). The molecule has 0 saturated carbocycles. The van der Waals surface area contributed by atoms with Gasteiger partial charge in [-0.2, -0.15) is 5.10 Å². The summed E-state index contributed by atoms with van der Waals surface area (Å²) in [6, 6.07) is 12.4. The van der Waals surface area contributed by atoms with Gasteiger partial charge in [-0.15, -0.1) is 11.3 Å². The van der Waals surface area contributed by atoms with E-state index in [9.17, 15) is 14.4 Å². The quantitative estimate of drug-likeness (QED) is 0.357. The maximum absolute atomic E-state index is 13.4. The number of nitrogens with one attached hydrogen (secondary N) is 2. The Morgan fingerprint density at radius 1 is 1.09 bits per heavy atom. The average Bonchev–Trinajstić information content (AvgIpc) is 3.48. The number of carbonyl (C=O) groups excluding carboxylic acids is 3. The van der Waals surface area contributed by atoms with Gasteiger partial charge in [0.1, 0.15) is 0 Å². The second-order valence-electron chi connectivity index (χ2n) is 7.92. The van der Waals surface area contributed by atoms with Crippen molar-refractivity contribution in [1.29, 1.82) is 0 Å². The number of hydrogen-bond acceptors (Lipinski definition) is 6. The lowest BCUT2D eigenvalue weighted by atomic mass is 10.1. The molecule has 0 aliphatic carbocycles. The highest BCUT2D eigenvalue weighted by Gasteiger charge is 2.20. The largest absolute Gasteiger partial charge is 0.370 e. The van der Waals surface area contributed by atoms with Crippen LogP contribution >= 0.6 is 11.3 Å². The van der Waals surface area contributed by atoms with Crippen molar-refractivity contribution in [2.45, 2.75) is 26.3 Å². The van der Waals surface area contributed by atoms with Gasteiger partial charge in [-0.1, -0.05) is 18.2 Å². The number of nitrogens with zero attached hydrogens (tertiary/aromatic N) is 3. The molecule has 3 heterocycles. The molecule has 34 heavy (non-hydrogen) atoms. The fraction of sp³-hybridized carbons (Fsp3) is 0.208. The van der Waals surface area contributed by atoms with Gasteiger partial charge in [0.05, 0.1) is 39.0 Å². The summed E-state index contributed by atoms with van der Waals surface area (Å²) >= 11 is 1.53. The maximum Gasteiger partial charge on any atom is 0.256 e. The molecular formula is C24H24N6O3S. The zero-order valence-electron chi connectivity index (χ0n) is 18.7. The van der Waals surface area contributed by atoms with E-state index in [2.05, 4.69) is 15.7 Å². The fourth-order valence-corrected chi connectivity index (χ4v) is 4.19. The second-order valence-corrected chi connectivity index (χ2v) is 8.87. The maximum atomic E-state index is 13.4. The summed E-state index contributed by atoms with van der Waals surface area (Å²) in [6.07, 6.45) is 1.67. The Labute approximate surface area is 200 Å². The molecule has 4 N–H and O–H groups in total. The lowest BCUT2D eigenvalue weighted by molar-refractivity contribution is -0.117. The van der Waals surface area contributed by atoms with Gasteiger partial charge in [0.25, 0.3) is 11.8 Å². The Morgan fingerprint density at radius 3 is 2.59 bits per heavy atom. The summed E-state index contributed by atoms with van der Waals surface area (Å²) in [5.41, 5.74) is 7.46. The lowest BCUT2D eigenvalue weighted by Gasteiger charge is -2.13. The highest BCUT2D eigenvalue weighted by atomic mass is 32.1. The third-order valence-corrected chi connectivity index (χ3v) is 6.04. The van der Waals surface area contributed by atoms with E-state index in [1.807, 2.05) is 31.4 Å². The summed E-state index contributed by atoms with van der Waals surface area (Å²) in [5, 5.41) is 12.5. The first kappa shape index (κ1) is 23.1. The molecular weight excluding hydrogens is 452 g/mol. The molecule has 0 bridgehead atoms. The fourth-order valence-electron chi connectivity index (χ4n) is 3.51. The van der Waals surface area contributed by atoms with Gasteiger partial charge < -0.3 is 16.4 Å². The van der Waals surface area contributed by atoms with Crippen LogP contribution in [-0.4, -0.2) is 39.0 Å². The van der Waals surface area contributed by atoms with Crippen LogP contribution in [-0.2, 0) is 4.79 Å². The molecule has 0 saturated heterocycles. The molecule has 10 heteroatoms. The van der Waals surface area contributed by atoms with E-state index >= 15 is 0 Å². The number of nitrogens with two attached hydrogens (primary N) is 1. The van der Waals surface area contributed by atoms with Crippen LogP contribution < -0.4 is 16.4 Å². The molecule has 174 valence electrons. The average molecular weight is 477 g/mol. The van der Waals surface area contributed by atoms with E-state index in [0.29, 0.717) is 28.0 Å². The van der Waals surface area contributed by atoms with Crippen molar-refractivity contribution in [2.75, 3.05) is 11.9 Å². The molecule has 0 aliphatic heterocycles. The number of benzene rings is 1. The number of hydrogen-bond donors (Lipinski definition) is 3. The summed E-state index contributed by atoms with van der Waals surface area (Å²) in [4.78, 5) is 42.7. The number of thiophene rings is 1. The van der Waals surface area contributed by atoms with Gasteiger partial charge in [-0.25, -0.2) is 9.67 Å². The van der Waals surface area contributed by atoms with Crippen molar-refractivity contribution in [3.05, 3.63) is 65.2 Å². The first-order valence-corrected chi connectivity index (χ1v) is 11.6. The minimum atomic E-state index is -0.507. The van der Waals surface area contributed by atoms with E-state index in [-0.39, 0.29) is 30.5 Å². The molecule has 4 aromatic rings. The van der Waals surface area contributed by atoms with Crippen LogP contribution in [0.2, 0.25) is 0 Å². The van der Waals surface area contributed by atoms with Crippen molar-refractivity contribution in [3.8, 4) is 10.6 Å². The number of amides is 3. The van der Waals surface area contributed by atoms with Crippen LogP contribution in [0.1, 0.15) is 47.0 Å². The summed E-state index contributed by atoms with van der Waals surface area (Å²) in [6.45, 7) is 4.11. The third-order valence-electron chi connectivity index (χ3n) is 5.15. The van der Waals surface area contributed by atoms with E-state index < -0.39 is 11.8 Å². The van der Waals surface area contributed by atoms with E-state index in [0.717, 1.165) is 4.88 Å². The predicted molar refractivity (Wildman–Crippen MR) is 132 cm³/mol. The van der Waals surface area contributed by atoms with Gasteiger partial charge in [0, 0.05) is 19.0 Å². The topological polar surface area (TPSA) is 132 Å². The third kappa shape index (κ3) is 4.81. The monoisotopic (exact) mass is 476 g/mol. The molecule has 0 unspecified atom stereocenters. The van der Waals surface area contributed by atoms with Crippen LogP contribution in [0.5, 0.6) is 0 Å². The first-order valence-electron chi connectivity index (χ1n) is 10.7. The highest BCUT2D eigenvalue weighted by molar-refractivity contribution is 7.13. The molecule has 3 amide bonds. The number of primary amides is 1. The van der Waals surface area contributed by atoms with Crippen LogP contribution in [0.15, 0.2) is 54.0 Å². The lowest BCUT2D eigenvalue weighted by Crippen LogP contribution is -2.28. The van der Waals surface area contributed by atoms with Crippen molar-refractivity contribution < 1.29 is 14.4 Å². The van der Waals surface area contributed by atoms with Crippen molar-refractivity contribution >= 4 is 45.8 Å². The molecule has 3 aromatic heterocycles. The SMILES string of the molecule is CC(C)n1ncc2c(C(=O)Nc3ccccc3C(=O)NCCC(N)=O)cc(-c3cccs3)nc21. The van der Waals surface area contributed by atoms with Crippen LogP contribution in [0.25, 0.3) is 21.6 Å². The van der Waals surface area contributed by atoms with E-state index in [1.54, 1.807) is 41.2 Å². The van der Waals surface area contributed by atoms with Crippen molar-refractivity contribution in [2.24, 2.45) is 5.73 Å². The van der Waals surface area contributed by atoms with Gasteiger partial charge in [0.2, 0.25) is 5.91 Å². The minimum absolute atomic E-state index is 0.0284. The van der Waals surface area contributed by atoms with Gasteiger partial charge in [0.15, 0.2) is 5.65 Å². The zero-order valence-corrected chi connectivity index (χ0v) is 19.6. The molecule has 0 atom stereocenters. The molecule has 0 radical (unpaired) electrons. The predicted octanol–water partition coefficient (Wildman–Crippen LogP) is 3.60. The van der Waals surface area contributed by atoms with Crippen LogP contribution in [0.3, 0.4) is 0 Å². The highest BCUT2D eigenvalue weighted by Crippen LogP contribution is 2.29. The number of para-hydroxylation sites is 1. The number of rotatable bonds is 8. The minimum Gasteiger partial charge on any atom is -0.370 e. The van der Waals surface area contributed by atoms with Gasteiger partial charge in [-0.3, -0.25) is 14.4 Å². The summed E-state index contributed by atoms with van der Waals surface area (Å²) in [5.74, 6) is -1.30. The molecule has 1 aromatic carbocycles. The standard InChI is InChI=1S/C24H24N6O3S/c1-14(2)30-22-17(13-27-30)16(12-19(28-22)20-8-5-11-34-20)24(33)29-18-7-4-3-6-15(18)23(32)26-10-9-21(25)31/h3-8,11-14H,9-10H2,1-2H3,(H2,25,31)(H,26,32)(H,29,33). The van der Waals surface area contributed by atoms with Gasteiger partial charge in [-0.05, 0) is 43.5 Å². The van der Waals surface area contributed by atoms with Crippen molar-refractivity contribution in [1.82, 2.24) is 20.1 Å². The number of anilines is 1. The Morgan fingerprint density at radius 2 is 1.88 bits per heavy atom. The zero-order chi connectivity index (χ0) is 24.2. The molecule has 9 nitrogen and oxygen atoms in total. The number of carbonyl (C=O) groups is 3. The van der Waals surface area contributed by atoms with Crippen molar-refractivity contribution in [3.63, 3.8) is 0 Å². The molecule has 0 fully saturated rings. The Bertz CT molecular complexity index is 1360. The van der Waals surface area contributed by atoms with Crippen LogP contribution in [0.4, 0.5) is 5.69 Å². The molecule has 0 aliphatic rings. The second kappa shape index (κ2) is 9.84. The number of fused-ring (bicyclic) bond motifs is 1. The normalized spacial score (nSPS) is 11.0. The number of aromatic nitrogens is 3. The van der Waals surface area contributed by atoms with Crippen LogP contribution in [0, 0.1) is 0 Å². The summed E-state index contributed by atoms with van der Waals surface area (Å²) in [7, 11) is 0. The Kier molecular flexibility index (Phi) is 6.69. The summed E-state index contributed by atoms with van der Waals surface area (Å²) < 4.78 is 1.78. The van der Waals surface area contributed by atoms with E-state index in [4.69, 9.17) is 10.7 Å². The molecule has 0 spiro atoms.